The van der Waals surface area contributed by atoms with Crippen molar-refractivity contribution in [2.45, 2.75) is 33.2 Å². The van der Waals surface area contributed by atoms with Crippen LogP contribution in [0.2, 0.25) is 0 Å². The molecule has 5 heteroatoms. The number of hydrogen-bond donors (Lipinski definition) is 0. The first kappa shape index (κ1) is 14.8. The van der Waals surface area contributed by atoms with Gasteiger partial charge in [0, 0.05) is 24.1 Å². The van der Waals surface area contributed by atoms with Crippen LogP contribution in [0.3, 0.4) is 0 Å². The molecule has 0 radical (unpaired) electrons. The van der Waals surface area contributed by atoms with Crippen LogP contribution in [-0.2, 0) is 17.8 Å². The molecule has 0 bridgehead atoms. The molecular formula is C17H19FN2O2. The second kappa shape index (κ2) is 5.91. The summed E-state index contributed by atoms with van der Waals surface area (Å²) in [6, 6.07) is 6.19. The molecular weight excluding hydrogens is 283 g/mol. The lowest BCUT2D eigenvalue weighted by Gasteiger charge is -2.26. The van der Waals surface area contributed by atoms with Crippen molar-refractivity contribution in [2.75, 3.05) is 6.54 Å². The Labute approximate surface area is 128 Å². The maximum Gasteiger partial charge on any atom is 0.223 e. The second-order valence-electron chi connectivity index (χ2n) is 6.11. The van der Waals surface area contributed by atoms with E-state index in [4.69, 9.17) is 4.52 Å². The van der Waals surface area contributed by atoms with E-state index in [-0.39, 0.29) is 11.7 Å². The number of hydrogen-bond acceptors (Lipinski definition) is 3. The molecule has 0 unspecified atom stereocenters. The van der Waals surface area contributed by atoms with E-state index in [1.165, 1.54) is 12.1 Å². The maximum atomic E-state index is 13.0. The Bertz CT molecular complexity index is 676. The van der Waals surface area contributed by atoms with Crippen molar-refractivity contribution in [1.29, 1.82) is 0 Å². The number of aromatic nitrogens is 1. The average Bonchev–Trinajstić information content (AvgIpc) is 2.90. The van der Waals surface area contributed by atoms with Crippen molar-refractivity contribution in [2.24, 2.45) is 5.92 Å². The molecule has 4 nitrogen and oxygen atoms in total. The van der Waals surface area contributed by atoms with Gasteiger partial charge in [-0.2, -0.15) is 0 Å². The van der Waals surface area contributed by atoms with Crippen molar-refractivity contribution in [3.8, 4) is 11.3 Å². The van der Waals surface area contributed by atoms with E-state index in [9.17, 15) is 9.18 Å². The number of carbonyl (C=O) groups excluding carboxylic acids is 1. The first-order valence-electron chi connectivity index (χ1n) is 7.55. The maximum absolute atomic E-state index is 13.0. The van der Waals surface area contributed by atoms with Gasteiger partial charge in [-0.1, -0.05) is 19.0 Å². The third-order valence-corrected chi connectivity index (χ3v) is 3.88. The molecule has 1 aromatic carbocycles. The summed E-state index contributed by atoms with van der Waals surface area (Å²) >= 11 is 0. The van der Waals surface area contributed by atoms with E-state index < -0.39 is 0 Å². The molecule has 0 aliphatic carbocycles. The molecule has 1 aliphatic rings. The van der Waals surface area contributed by atoms with Gasteiger partial charge in [0.15, 0.2) is 5.76 Å². The fourth-order valence-corrected chi connectivity index (χ4v) is 2.75. The van der Waals surface area contributed by atoms with Crippen molar-refractivity contribution >= 4 is 5.91 Å². The molecule has 1 aromatic heterocycles. The lowest BCUT2D eigenvalue weighted by atomic mass is 10.00. The van der Waals surface area contributed by atoms with Crippen LogP contribution in [0.15, 0.2) is 28.8 Å². The Kier molecular flexibility index (Phi) is 3.96. The summed E-state index contributed by atoms with van der Waals surface area (Å²) in [5, 5.41) is 4.10. The van der Waals surface area contributed by atoms with Gasteiger partial charge in [-0.05, 0) is 36.6 Å². The van der Waals surface area contributed by atoms with Crippen molar-refractivity contribution in [3.63, 3.8) is 0 Å². The smallest absolute Gasteiger partial charge is 0.223 e. The number of nitrogens with zero attached hydrogens (tertiary/aromatic N) is 2. The third-order valence-electron chi connectivity index (χ3n) is 3.88. The van der Waals surface area contributed by atoms with Crippen molar-refractivity contribution in [3.05, 3.63) is 41.3 Å². The highest BCUT2D eigenvalue weighted by Crippen LogP contribution is 2.30. The molecule has 0 saturated heterocycles. The van der Waals surface area contributed by atoms with E-state index in [2.05, 4.69) is 5.16 Å². The van der Waals surface area contributed by atoms with Gasteiger partial charge in [-0.25, -0.2) is 4.39 Å². The molecule has 1 aliphatic heterocycles. The number of carbonyl (C=O) groups is 1. The molecule has 1 amide bonds. The van der Waals surface area contributed by atoms with Crippen LogP contribution in [0.5, 0.6) is 0 Å². The van der Waals surface area contributed by atoms with Crippen molar-refractivity contribution in [1.82, 2.24) is 10.1 Å². The van der Waals surface area contributed by atoms with Gasteiger partial charge in [0.2, 0.25) is 5.91 Å². The van der Waals surface area contributed by atoms with Gasteiger partial charge in [0.05, 0.1) is 6.54 Å². The molecule has 3 rings (SSSR count). The van der Waals surface area contributed by atoms with Crippen LogP contribution in [0.25, 0.3) is 11.3 Å². The molecule has 116 valence electrons. The monoisotopic (exact) mass is 302 g/mol. The number of benzene rings is 1. The van der Waals surface area contributed by atoms with Crippen LogP contribution in [-0.4, -0.2) is 22.5 Å². The largest absolute Gasteiger partial charge is 0.356 e. The predicted molar refractivity (Wildman–Crippen MR) is 80.5 cm³/mol. The van der Waals surface area contributed by atoms with Gasteiger partial charge in [-0.3, -0.25) is 4.79 Å². The molecule has 2 heterocycles. The minimum Gasteiger partial charge on any atom is -0.356 e. The molecule has 0 atom stereocenters. The zero-order chi connectivity index (χ0) is 15.7. The van der Waals surface area contributed by atoms with Crippen LogP contribution >= 0.6 is 0 Å². The quantitative estimate of drug-likeness (QED) is 0.873. The fourth-order valence-electron chi connectivity index (χ4n) is 2.75. The molecule has 0 N–H and O–H groups in total. The first-order valence-corrected chi connectivity index (χ1v) is 7.55. The van der Waals surface area contributed by atoms with Gasteiger partial charge >= 0.3 is 0 Å². The Hall–Kier alpha value is -2.17. The van der Waals surface area contributed by atoms with Crippen LogP contribution < -0.4 is 0 Å². The van der Waals surface area contributed by atoms with Gasteiger partial charge in [-0.15, -0.1) is 0 Å². The van der Waals surface area contributed by atoms with Gasteiger partial charge < -0.3 is 9.42 Å². The zero-order valence-electron chi connectivity index (χ0n) is 12.8. The van der Waals surface area contributed by atoms with E-state index in [1.54, 1.807) is 12.1 Å². The summed E-state index contributed by atoms with van der Waals surface area (Å²) in [5.41, 5.74) is 2.65. The standard InChI is InChI=1S/C17H19FN2O2/c1-11(2)9-16(21)20-8-7-14-15(10-20)19-22-17(14)12-3-5-13(18)6-4-12/h3-6,11H,7-10H2,1-2H3. The third kappa shape index (κ3) is 2.89. The van der Waals surface area contributed by atoms with Crippen LogP contribution in [0, 0.1) is 11.7 Å². The lowest BCUT2D eigenvalue weighted by molar-refractivity contribution is -0.132. The minimum absolute atomic E-state index is 0.159. The summed E-state index contributed by atoms with van der Waals surface area (Å²) < 4.78 is 18.5. The van der Waals surface area contributed by atoms with Crippen LogP contribution in [0.1, 0.15) is 31.5 Å². The highest BCUT2D eigenvalue weighted by molar-refractivity contribution is 5.77. The summed E-state index contributed by atoms with van der Waals surface area (Å²) in [6.07, 6.45) is 1.27. The predicted octanol–water partition coefficient (Wildman–Crippen LogP) is 3.41. The molecule has 22 heavy (non-hydrogen) atoms. The van der Waals surface area contributed by atoms with E-state index >= 15 is 0 Å². The normalized spacial score (nSPS) is 14.3. The zero-order valence-corrected chi connectivity index (χ0v) is 12.8. The lowest BCUT2D eigenvalue weighted by Crippen LogP contribution is -2.36. The van der Waals surface area contributed by atoms with E-state index in [1.807, 2.05) is 18.7 Å². The van der Waals surface area contributed by atoms with Crippen molar-refractivity contribution < 1.29 is 13.7 Å². The number of rotatable bonds is 3. The topological polar surface area (TPSA) is 46.3 Å². The summed E-state index contributed by atoms with van der Waals surface area (Å²) in [6.45, 7) is 5.24. The Morgan fingerprint density at radius 1 is 1.36 bits per heavy atom. The fraction of sp³-hybridized carbons (Fsp3) is 0.412. The van der Waals surface area contributed by atoms with Gasteiger partial charge in [0.25, 0.3) is 0 Å². The Morgan fingerprint density at radius 2 is 2.09 bits per heavy atom. The Balaban J connectivity index is 1.80. The molecule has 0 spiro atoms. The van der Waals surface area contributed by atoms with Gasteiger partial charge in [0.1, 0.15) is 11.5 Å². The van der Waals surface area contributed by atoms with E-state index in [0.29, 0.717) is 31.2 Å². The molecule has 2 aromatic rings. The number of halogens is 1. The molecule has 0 saturated carbocycles. The number of amides is 1. The van der Waals surface area contributed by atoms with Crippen LogP contribution in [0.4, 0.5) is 4.39 Å². The second-order valence-corrected chi connectivity index (χ2v) is 6.11. The SMILES string of the molecule is CC(C)CC(=O)N1CCc2c(noc2-c2ccc(F)cc2)C1. The number of fused-ring (bicyclic) bond motifs is 1. The Morgan fingerprint density at radius 3 is 2.77 bits per heavy atom. The highest BCUT2D eigenvalue weighted by atomic mass is 19.1. The summed E-state index contributed by atoms with van der Waals surface area (Å²) in [4.78, 5) is 14.0. The van der Waals surface area contributed by atoms with E-state index in [0.717, 1.165) is 23.2 Å². The average molecular weight is 302 g/mol. The minimum atomic E-state index is -0.275. The summed E-state index contributed by atoms with van der Waals surface area (Å²) in [5.74, 6) is 0.918. The first-order chi connectivity index (χ1) is 10.5. The highest BCUT2D eigenvalue weighted by Gasteiger charge is 2.27. The molecule has 0 fully saturated rings. The summed E-state index contributed by atoms with van der Waals surface area (Å²) in [7, 11) is 0.